The van der Waals surface area contributed by atoms with Crippen molar-refractivity contribution < 1.29 is 9.53 Å². The molecule has 16 heavy (non-hydrogen) atoms. The summed E-state index contributed by atoms with van der Waals surface area (Å²) in [6, 6.07) is 1.97. The van der Waals surface area contributed by atoms with Gasteiger partial charge in [-0.15, -0.1) is 0 Å². The minimum absolute atomic E-state index is 0.225. The number of nitrogens with zero attached hydrogens (tertiary/aromatic N) is 1. The van der Waals surface area contributed by atoms with Gasteiger partial charge in [0.05, 0.1) is 12.6 Å². The van der Waals surface area contributed by atoms with Crippen molar-refractivity contribution in [1.29, 1.82) is 0 Å². The highest BCUT2D eigenvalue weighted by Crippen LogP contribution is 2.28. The molecule has 0 aliphatic carbocycles. The number of rotatable bonds is 1. The molecule has 0 aliphatic rings. The zero-order chi connectivity index (χ0) is 11.9. The summed E-state index contributed by atoms with van der Waals surface area (Å²) in [6.45, 7) is 4.02. The summed E-state index contributed by atoms with van der Waals surface area (Å²) < 4.78 is 5.53. The Bertz CT molecular complexity index is 575. The molecule has 2 aromatic rings. The summed E-state index contributed by atoms with van der Waals surface area (Å²) in [5, 5.41) is 0. The van der Waals surface area contributed by atoms with E-state index in [1.165, 1.54) is 7.11 Å². The van der Waals surface area contributed by atoms with E-state index in [9.17, 15) is 4.79 Å². The van der Waals surface area contributed by atoms with E-state index < -0.39 is 5.97 Å². The Kier molecular flexibility index (Phi) is 2.71. The number of aryl methyl sites for hydroxylation is 1. The molecule has 0 saturated carbocycles. The minimum Gasteiger partial charge on any atom is -0.463 e. The van der Waals surface area contributed by atoms with Crippen molar-refractivity contribution in [2.45, 2.75) is 13.8 Å². The summed E-state index contributed by atoms with van der Waals surface area (Å²) >= 11 is 3.48. The SMILES string of the molecule is COC(=O)c1nc2c(Br)c(C)c(C)cc2[nH]1. The van der Waals surface area contributed by atoms with Gasteiger partial charge in [0.2, 0.25) is 5.82 Å². The predicted molar refractivity (Wildman–Crippen MR) is 64.6 cm³/mol. The number of hydrogen-bond donors (Lipinski definition) is 1. The second-order valence-corrected chi connectivity index (χ2v) is 4.40. The van der Waals surface area contributed by atoms with Gasteiger partial charge in [-0.1, -0.05) is 0 Å². The maximum absolute atomic E-state index is 11.3. The number of methoxy groups -OCH3 is 1. The molecule has 1 N–H and O–H groups in total. The minimum atomic E-state index is -0.460. The summed E-state index contributed by atoms with van der Waals surface area (Å²) in [5.41, 5.74) is 3.84. The second-order valence-electron chi connectivity index (χ2n) is 3.61. The monoisotopic (exact) mass is 282 g/mol. The maximum atomic E-state index is 11.3. The molecule has 0 amide bonds. The van der Waals surface area contributed by atoms with Gasteiger partial charge >= 0.3 is 5.97 Å². The maximum Gasteiger partial charge on any atom is 0.374 e. The Morgan fingerprint density at radius 1 is 1.50 bits per heavy atom. The molecule has 1 heterocycles. The van der Waals surface area contributed by atoms with Crippen molar-refractivity contribution in [1.82, 2.24) is 9.97 Å². The van der Waals surface area contributed by atoms with Gasteiger partial charge in [-0.25, -0.2) is 9.78 Å². The molecular weight excluding hydrogens is 272 g/mol. The normalized spacial score (nSPS) is 10.8. The van der Waals surface area contributed by atoms with Gasteiger partial charge in [0.1, 0.15) is 5.52 Å². The van der Waals surface area contributed by atoms with Crippen molar-refractivity contribution in [3.05, 3.63) is 27.5 Å². The fourth-order valence-electron chi connectivity index (χ4n) is 1.53. The lowest BCUT2D eigenvalue weighted by Gasteiger charge is -2.02. The third-order valence-electron chi connectivity index (χ3n) is 2.60. The van der Waals surface area contributed by atoms with Crippen LogP contribution in [0.1, 0.15) is 21.7 Å². The molecule has 0 fully saturated rings. The van der Waals surface area contributed by atoms with Gasteiger partial charge in [-0.2, -0.15) is 0 Å². The second kappa shape index (κ2) is 3.90. The first kappa shape index (κ1) is 11.1. The van der Waals surface area contributed by atoms with Crippen LogP contribution in [-0.2, 0) is 4.74 Å². The van der Waals surface area contributed by atoms with Crippen LogP contribution in [0.4, 0.5) is 0 Å². The van der Waals surface area contributed by atoms with E-state index in [0.29, 0.717) is 0 Å². The van der Waals surface area contributed by atoms with E-state index >= 15 is 0 Å². The molecule has 0 atom stereocenters. The standard InChI is InChI=1S/C11H11BrN2O2/c1-5-4-7-9(8(12)6(5)2)14-10(13-7)11(15)16-3/h4H,1-3H3,(H,13,14). The van der Waals surface area contributed by atoms with Crippen molar-refractivity contribution in [3.8, 4) is 0 Å². The number of esters is 1. The lowest BCUT2D eigenvalue weighted by atomic mass is 10.1. The molecule has 0 unspecified atom stereocenters. The molecule has 1 aromatic heterocycles. The zero-order valence-corrected chi connectivity index (χ0v) is 10.8. The molecule has 84 valence electrons. The number of benzene rings is 1. The summed E-state index contributed by atoms with van der Waals surface area (Å²) in [6.07, 6.45) is 0. The van der Waals surface area contributed by atoms with Crippen LogP contribution in [0.15, 0.2) is 10.5 Å². The average molecular weight is 283 g/mol. The van der Waals surface area contributed by atoms with Crippen LogP contribution >= 0.6 is 15.9 Å². The van der Waals surface area contributed by atoms with E-state index in [2.05, 4.69) is 30.6 Å². The lowest BCUT2D eigenvalue weighted by molar-refractivity contribution is 0.0588. The van der Waals surface area contributed by atoms with Crippen LogP contribution in [0.25, 0.3) is 11.0 Å². The predicted octanol–water partition coefficient (Wildman–Crippen LogP) is 2.73. The Morgan fingerprint density at radius 3 is 2.81 bits per heavy atom. The summed E-state index contributed by atoms with van der Waals surface area (Å²) in [5.74, 6) is -0.235. The van der Waals surface area contributed by atoms with E-state index in [4.69, 9.17) is 0 Å². The smallest absolute Gasteiger partial charge is 0.374 e. The summed E-state index contributed by atoms with van der Waals surface area (Å²) in [7, 11) is 1.33. The van der Waals surface area contributed by atoms with Gasteiger partial charge in [0.15, 0.2) is 0 Å². The van der Waals surface area contributed by atoms with Crippen molar-refractivity contribution in [2.75, 3.05) is 7.11 Å². The lowest BCUT2D eigenvalue weighted by Crippen LogP contribution is -2.02. The molecule has 2 rings (SSSR count). The van der Waals surface area contributed by atoms with Crippen LogP contribution in [0.3, 0.4) is 0 Å². The Hall–Kier alpha value is -1.36. The van der Waals surface area contributed by atoms with E-state index in [1.54, 1.807) is 0 Å². The van der Waals surface area contributed by atoms with Crippen LogP contribution in [0.2, 0.25) is 0 Å². The first-order chi connectivity index (χ1) is 7.54. The first-order valence-corrected chi connectivity index (χ1v) is 5.57. The molecular formula is C11H11BrN2O2. The fraction of sp³-hybridized carbons (Fsp3) is 0.273. The molecule has 4 nitrogen and oxygen atoms in total. The number of fused-ring (bicyclic) bond motifs is 1. The molecule has 0 radical (unpaired) electrons. The third kappa shape index (κ3) is 1.61. The average Bonchev–Trinajstić information content (AvgIpc) is 2.69. The largest absolute Gasteiger partial charge is 0.463 e. The van der Waals surface area contributed by atoms with Crippen LogP contribution in [0.5, 0.6) is 0 Å². The number of carbonyl (C=O) groups excluding carboxylic acids is 1. The first-order valence-electron chi connectivity index (χ1n) is 4.78. The number of ether oxygens (including phenoxy) is 1. The van der Waals surface area contributed by atoms with Gasteiger partial charge in [0.25, 0.3) is 0 Å². The number of aromatic nitrogens is 2. The van der Waals surface area contributed by atoms with E-state index in [1.807, 2.05) is 19.9 Å². The highest BCUT2D eigenvalue weighted by Gasteiger charge is 2.15. The fourth-order valence-corrected chi connectivity index (χ4v) is 2.14. The van der Waals surface area contributed by atoms with Crippen LogP contribution in [-0.4, -0.2) is 23.0 Å². The number of nitrogens with one attached hydrogen (secondary N) is 1. The highest BCUT2D eigenvalue weighted by atomic mass is 79.9. The number of H-pyrrole nitrogens is 1. The van der Waals surface area contributed by atoms with Crippen LogP contribution in [0, 0.1) is 13.8 Å². The molecule has 0 aliphatic heterocycles. The number of carbonyl (C=O) groups is 1. The molecule has 1 aromatic carbocycles. The molecule has 0 saturated heterocycles. The van der Waals surface area contributed by atoms with Gasteiger partial charge in [-0.3, -0.25) is 0 Å². The van der Waals surface area contributed by atoms with Gasteiger partial charge in [-0.05, 0) is 47.0 Å². The number of aromatic amines is 1. The number of imidazole rings is 1. The Balaban J connectivity index is 2.71. The topological polar surface area (TPSA) is 55.0 Å². The third-order valence-corrected chi connectivity index (χ3v) is 3.57. The zero-order valence-electron chi connectivity index (χ0n) is 9.22. The van der Waals surface area contributed by atoms with Crippen molar-refractivity contribution in [2.24, 2.45) is 0 Å². The summed E-state index contributed by atoms with van der Waals surface area (Å²) in [4.78, 5) is 18.5. The van der Waals surface area contributed by atoms with Crippen molar-refractivity contribution >= 4 is 32.9 Å². The van der Waals surface area contributed by atoms with E-state index in [0.717, 1.165) is 26.6 Å². The van der Waals surface area contributed by atoms with Crippen molar-refractivity contribution in [3.63, 3.8) is 0 Å². The number of hydrogen-bond acceptors (Lipinski definition) is 3. The van der Waals surface area contributed by atoms with Gasteiger partial charge in [0, 0.05) is 4.47 Å². The molecule has 0 bridgehead atoms. The highest BCUT2D eigenvalue weighted by molar-refractivity contribution is 9.10. The molecule has 0 spiro atoms. The number of halogens is 1. The Morgan fingerprint density at radius 2 is 2.19 bits per heavy atom. The Labute approximate surface area is 101 Å². The van der Waals surface area contributed by atoms with E-state index in [-0.39, 0.29) is 5.82 Å². The molecule has 5 heteroatoms. The van der Waals surface area contributed by atoms with Crippen LogP contribution < -0.4 is 0 Å². The van der Waals surface area contributed by atoms with Gasteiger partial charge < -0.3 is 9.72 Å². The quantitative estimate of drug-likeness (QED) is 0.819.